The lowest BCUT2D eigenvalue weighted by Gasteiger charge is -2.33. The normalized spacial score (nSPS) is 19.3. The van der Waals surface area contributed by atoms with E-state index in [1.54, 1.807) is 18.2 Å². The summed E-state index contributed by atoms with van der Waals surface area (Å²) >= 11 is 11.8. The van der Waals surface area contributed by atoms with E-state index in [2.05, 4.69) is 12.2 Å². The molecule has 1 heterocycles. The minimum atomic E-state index is 0.128. The number of hydrogen-bond acceptors (Lipinski definition) is 2. The van der Waals surface area contributed by atoms with Crippen molar-refractivity contribution in [3.8, 4) is 0 Å². The number of benzene rings is 1. The second-order valence-electron chi connectivity index (χ2n) is 4.94. The van der Waals surface area contributed by atoms with E-state index in [1.165, 1.54) is 6.42 Å². The van der Waals surface area contributed by atoms with Gasteiger partial charge in [-0.15, -0.1) is 0 Å². The van der Waals surface area contributed by atoms with Crippen molar-refractivity contribution in [3.05, 3.63) is 28.2 Å². The smallest absolute Gasteiger partial charge is 0.242 e. The molecule has 19 heavy (non-hydrogen) atoms. The fourth-order valence-electron chi connectivity index (χ4n) is 2.40. The zero-order valence-corrected chi connectivity index (χ0v) is 12.5. The first-order chi connectivity index (χ1) is 9.06. The summed E-state index contributed by atoms with van der Waals surface area (Å²) in [4.78, 5) is 14.1. The lowest BCUT2D eigenvalue weighted by Crippen LogP contribution is -2.44. The highest BCUT2D eigenvalue weighted by molar-refractivity contribution is 6.35. The number of nitrogens with zero attached hydrogens (tertiary/aromatic N) is 1. The summed E-state index contributed by atoms with van der Waals surface area (Å²) in [6, 6.07) is 5.54. The van der Waals surface area contributed by atoms with Crippen molar-refractivity contribution in [1.29, 1.82) is 0 Å². The molecule has 0 aliphatic carbocycles. The standard InChI is InChI=1S/C14H18Cl2N2O/c1-10-4-2-3-5-18(10)14(19)9-17-13-7-11(15)6-12(16)8-13/h6-8,10,17H,2-5,9H2,1H3/t10-/m0/s1. The molecule has 5 heteroatoms. The summed E-state index contributed by atoms with van der Waals surface area (Å²) in [5.41, 5.74) is 0.774. The number of anilines is 1. The second kappa shape index (κ2) is 6.49. The Morgan fingerprint density at radius 1 is 1.32 bits per heavy atom. The van der Waals surface area contributed by atoms with E-state index < -0.39 is 0 Å². The molecule has 1 saturated heterocycles. The first kappa shape index (κ1) is 14.5. The third-order valence-electron chi connectivity index (χ3n) is 3.43. The fraction of sp³-hybridized carbons (Fsp3) is 0.500. The van der Waals surface area contributed by atoms with Gasteiger partial charge in [-0.2, -0.15) is 0 Å². The van der Waals surface area contributed by atoms with E-state index in [9.17, 15) is 4.79 Å². The Morgan fingerprint density at radius 2 is 2.00 bits per heavy atom. The van der Waals surface area contributed by atoms with Crippen LogP contribution in [0, 0.1) is 0 Å². The van der Waals surface area contributed by atoms with Crippen molar-refractivity contribution in [2.75, 3.05) is 18.4 Å². The maximum Gasteiger partial charge on any atom is 0.242 e. The Labute approximate surface area is 123 Å². The summed E-state index contributed by atoms with van der Waals surface area (Å²) in [7, 11) is 0. The molecule has 1 fully saturated rings. The molecule has 0 spiro atoms. The van der Waals surface area contributed by atoms with Crippen LogP contribution in [0.25, 0.3) is 0 Å². The van der Waals surface area contributed by atoms with Crippen LogP contribution in [-0.4, -0.2) is 29.9 Å². The van der Waals surface area contributed by atoms with Gasteiger partial charge in [-0.25, -0.2) is 0 Å². The van der Waals surface area contributed by atoms with Gasteiger partial charge in [0.1, 0.15) is 0 Å². The van der Waals surface area contributed by atoms with Gasteiger partial charge in [-0.3, -0.25) is 4.79 Å². The van der Waals surface area contributed by atoms with Crippen LogP contribution in [0.1, 0.15) is 26.2 Å². The number of rotatable bonds is 3. The fourth-order valence-corrected chi connectivity index (χ4v) is 2.93. The Balaban J connectivity index is 1.92. The van der Waals surface area contributed by atoms with Crippen LogP contribution >= 0.6 is 23.2 Å². The van der Waals surface area contributed by atoms with Crippen molar-refractivity contribution < 1.29 is 4.79 Å². The van der Waals surface area contributed by atoms with Crippen molar-refractivity contribution in [1.82, 2.24) is 4.90 Å². The van der Waals surface area contributed by atoms with Gasteiger partial charge < -0.3 is 10.2 Å². The summed E-state index contributed by atoms with van der Waals surface area (Å²) < 4.78 is 0. The van der Waals surface area contributed by atoms with Gasteiger partial charge in [0.15, 0.2) is 0 Å². The highest BCUT2D eigenvalue weighted by Crippen LogP contribution is 2.22. The summed E-state index contributed by atoms with van der Waals surface area (Å²) in [6.07, 6.45) is 3.40. The van der Waals surface area contributed by atoms with Crippen LogP contribution in [0.2, 0.25) is 10.0 Å². The predicted octanol–water partition coefficient (Wildman–Crippen LogP) is 3.81. The molecule has 1 amide bonds. The van der Waals surface area contributed by atoms with Crippen molar-refractivity contribution in [2.45, 2.75) is 32.2 Å². The Hall–Kier alpha value is -0.930. The Morgan fingerprint density at radius 3 is 2.63 bits per heavy atom. The van der Waals surface area contributed by atoms with E-state index in [1.807, 2.05) is 4.90 Å². The van der Waals surface area contributed by atoms with Crippen molar-refractivity contribution in [2.24, 2.45) is 0 Å². The molecular weight excluding hydrogens is 283 g/mol. The maximum atomic E-state index is 12.1. The van der Waals surface area contributed by atoms with Gasteiger partial charge >= 0.3 is 0 Å². The molecule has 1 atom stereocenters. The van der Waals surface area contributed by atoms with E-state index in [0.717, 1.165) is 25.1 Å². The third kappa shape index (κ3) is 4.02. The van der Waals surface area contributed by atoms with Crippen molar-refractivity contribution >= 4 is 34.8 Å². The highest BCUT2D eigenvalue weighted by Gasteiger charge is 2.22. The summed E-state index contributed by atoms with van der Waals surface area (Å²) in [5, 5.41) is 4.21. The molecule has 0 bridgehead atoms. The van der Waals surface area contributed by atoms with E-state index >= 15 is 0 Å². The van der Waals surface area contributed by atoms with Crippen LogP contribution in [0.3, 0.4) is 0 Å². The first-order valence-corrected chi connectivity index (χ1v) is 7.31. The molecule has 104 valence electrons. The molecule has 3 nitrogen and oxygen atoms in total. The monoisotopic (exact) mass is 300 g/mol. The quantitative estimate of drug-likeness (QED) is 0.921. The van der Waals surface area contributed by atoms with Gasteiger partial charge in [-0.1, -0.05) is 23.2 Å². The van der Waals surface area contributed by atoms with Crippen LogP contribution in [0.4, 0.5) is 5.69 Å². The van der Waals surface area contributed by atoms with Crippen LogP contribution in [0.5, 0.6) is 0 Å². The number of nitrogens with one attached hydrogen (secondary N) is 1. The maximum absolute atomic E-state index is 12.1. The van der Waals surface area contributed by atoms with Gasteiger partial charge in [0.05, 0.1) is 6.54 Å². The van der Waals surface area contributed by atoms with Crippen molar-refractivity contribution in [3.63, 3.8) is 0 Å². The zero-order valence-electron chi connectivity index (χ0n) is 11.0. The molecule has 1 aromatic rings. The minimum absolute atomic E-state index is 0.128. The zero-order chi connectivity index (χ0) is 13.8. The molecule has 1 aliphatic rings. The number of carbonyl (C=O) groups is 1. The summed E-state index contributed by atoms with van der Waals surface area (Å²) in [6.45, 7) is 3.24. The number of halogens is 2. The number of carbonyl (C=O) groups excluding carboxylic acids is 1. The Bertz CT molecular complexity index is 445. The van der Waals surface area contributed by atoms with E-state index in [0.29, 0.717) is 16.1 Å². The molecule has 0 saturated carbocycles. The van der Waals surface area contributed by atoms with Gasteiger partial charge in [0.2, 0.25) is 5.91 Å². The third-order valence-corrected chi connectivity index (χ3v) is 3.87. The lowest BCUT2D eigenvalue weighted by molar-refractivity contribution is -0.132. The minimum Gasteiger partial charge on any atom is -0.376 e. The lowest BCUT2D eigenvalue weighted by atomic mass is 10.0. The number of piperidine rings is 1. The highest BCUT2D eigenvalue weighted by atomic mass is 35.5. The Kier molecular flexibility index (Phi) is 4.94. The van der Waals surface area contributed by atoms with Gasteiger partial charge in [0.25, 0.3) is 0 Å². The molecule has 2 rings (SSSR count). The summed E-state index contributed by atoms with van der Waals surface area (Å²) in [5.74, 6) is 0.128. The first-order valence-electron chi connectivity index (χ1n) is 6.55. The molecular formula is C14H18Cl2N2O. The average Bonchev–Trinajstić information content (AvgIpc) is 2.35. The molecule has 1 N–H and O–H groups in total. The topological polar surface area (TPSA) is 32.3 Å². The van der Waals surface area contributed by atoms with Gasteiger partial charge in [0, 0.05) is 28.3 Å². The molecule has 0 aromatic heterocycles. The second-order valence-corrected chi connectivity index (χ2v) is 5.82. The number of likely N-dealkylation sites (tertiary alicyclic amines) is 1. The predicted molar refractivity (Wildman–Crippen MR) is 80.0 cm³/mol. The molecule has 0 unspecified atom stereocenters. The van der Waals surface area contributed by atoms with Gasteiger partial charge in [-0.05, 0) is 44.4 Å². The number of amides is 1. The largest absolute Gasteiger partial charge is 0.376 e. The van der Waals surface area contributed by atoms with Crippen LogP contribution in [0.15, 0.2) is 18.2 Å². The average molecular weight is 301 g/mol. The number of hydrogen-bond donors (Lipinski definition) is 1. The van der Waals surface area contributed by atoms with Crippen LogP contribution < -0.4 is 5.32 Å². The SMILES string of the molecule is C[C@H]1CCCCN1C(=O)CNc1cc(Cl)cc(Cl)c1. The van der Waals surface area contributed by atoms with E-state index in [-0.39, 0.29) is 12.5 Å². The molecule has 1 aliphatic heterocycles. The van der Waals surface area contributed by atoms with Crippen LogP contribution in [-0.2, 0) is 4.79 Å². The molecule has 1 aromatic carbocycles. The van der Waals surface area contributed by atoms with E-state index in [4.69, 9.17) is 23.2 Å². The molecule has 0 radical (unpaired) electrons.